The summed E-state index contributed by atoms with van der Waals surface area (Å²) in [6, 6.07) is 3.36. The number of nitroso groups, excluding NO2 is 1. The zero-order valence-corrected chi connectivity index (χ0v) is 13.2. The second kappa shape index (κ2) is 6.62. The summed E-state index contributed by atoms with van der Waals surface area (Å²) >= 11 is 0. The number of nitrogens with zero attached hydrogens (tertiary/aromatic N) is 6. The number of carbonyl (C=O) groups is 1. The first-order valence-electron chi connectivity index (χ1n) is 7.71. The van der Waals surface area contributed by atoms with Crippen molar-refractivity contribution in [3.8, 4) is 6.07 Å². The van der Waals surface area contributed by atoms with Gasteiger partial charge in [-0.25, -0.2) is 15.0 Å². The van der Waals surface area contributed by atoms with Crippen molar-refractivity contribution >= 4 is 22.8 Å². The molecule has 124 valence electrons. The maximum absolute atomic E-state index is 12.0. The summed E-state index contributed by atoms with van der Waals surface area (Å²) in [5, 5.41) is 13.9. The lowest BCUT2D eigenvalue weighted by atomic mass is 9.92. The number of likely N-dealkylation sites (tertiary alicyclic amines) is 1. The van der Waals surface area contributed by atoms with Crippen LogP contribution in [0.1, 0.15) is 19.8 Å². The third-order valence-corrected chi connectivity index (χ3v) is 4.45. The molecule has 9 heteroatoms. The number of aromatic amines is 1. The van der Waals surface area contributed by atoms with Crippen LogP contribution in [0.15, 0.2) is 23.9 Å². The largest absolute Gasteiger partial charge is 0.346 e. The van der Waals surface area contributed by atoms with Gasteiger partial charge in [0.2, 0.25) is 5.91 Å². The molecule has 1 amide bonds. The Kier molecular flexibility index (Phi) is 4.37. The molecule has 0 unspecified atom stereocenters. The number of fused-ring (bicyclic) bond motifs is 1. The Hall–Kier alpha value is -3.02. The van der Waals surface area contributed by atoms with E-state index < -0.39 is 0 Å². The molecule has 0 aliphatic carbocycles. The first-order chi connectivity index (χ1) is 11.7. The molecular formula is C15H17N7O2. The number of amides is 1. The van der Waals surface area contributed by atoms with Crippen LogP contribution in [0.25, 0.3) is 11.0 Å². The smallest absolute Gasteiger partial charge is 0.236 e. The van der Waals surface area contributed by atoms with Crippen molar-refractivity contribution in [2.24, 2.45) is 11.2 Å². The average molecular weight is 327 g/mol. The van der Waals surface area contributed by atoms with Crippen molar-refractivity contribution in [3.63, 3.8) is 0 Å². The maximum Gasteiger partial charge on any atom is 0.236 e. The fourth-order valence-corrected chi connectivity index (χ4v) is 3.07. The molecule has 1 saturated heterocycles. The van der Waals surface area contributed by atoms with Gasteiger partial charge in [-0.15, -0.1) is 4.91 Å². The molecule has 3 rings (SSSR count). The van der Waals surface area contributed by atoms with Crippen LogP contribution in [0.3, 0.4) is 0 Å². The third-order valence-electron chi connectivity index (χ3n) is 4.45. The molecule has 0 aromatic carbocycles. The van der Waals surface area contributed by atoms with Gasteiger partial charge in [-0.1, -0.05) is 6.92 Å². The zero-order valence-electron chi connectivity index (χ0n) is 13.2. The standard InChI is InChI=1S/C15H17N7O2/c1-10-4-7-21(13(23)2-5-16)8-12(10)22(20-24)15-11-3-6-17-14(11)18-9-19-15/h3,6,9-10,12H,2,4,7-8H2,1H3,(H,17,18,19)/t10-,12+/m1/s1. The average Bonchev–Trinajstić information content (AvgIpc) is 3.06. The molecule has 9 nitrogen and oxygen atoms in total. The van der Waals surface area contributed by atoms with Gasteiger partial charge < -0.3 is 9.88 Å². The van der Waals surface area contributed by atoms with E-state index in [-0.39, 0.29) is 24.3 Å². The van der Waals surface area contributed by atoms with Crippen molar-refractivity contribution in [3.05, 3.63) is 23.5 Å². The summed E-state index contributed by atoms with van der Waals surface area (Å²) in [6.45, 7) is 2.93. The number of nitrogens with one attached hydrogen (secondary N) is 1. The van der Waals surface area contributed by atoms with E-state index in [0.29, 0.717) is 29.9 Å². The van der Waals surface area contributed by atoms with Gasteiger partial charge in [0.1, 0.15) is 18.4 Å². The Morgan fingerprint density at radius 2 is 2.42 bits per heavy atom. The lowest BCUT2D eigenvalue weighted by Crippen LogP contribution is -2.52. The first-order valence-corrected chi connectivity index (χ1v) is 7.71. The number of hydrogen-bond acceptors (Lipinski definition) is 6. The van der Waals surface area contributed by atoms with Crippen LogP contribution in [0, 0.1) is 22.2 Å². The molecule has 0 spiro atoms. The predicted molar refractivity (Wildman–Crippen MR) is 86.5 cm³/mol. The van der Waals surface area contributed by atoms with Gasteiger partial charge in [0.15, 0.2) is 5.82 Å². The zero-order chi connectivity index (χ0) is 17.1. The number of nitriles is 1. The number of rotatable bonds is 4. The highest BCUT2D eigenvalue weighted by Gasteiger charge is 2.35. The van der Waals surface area contributed by atoms with E-state index in [4.69, 9.17) is 5.26 Å². The van der Waals surface area contributed by atoms with Crippen molar-refractivity contribution in [1.29, 1.82) is 5.26 Å². The van der Waals surface area contributed by atoms with E-state index in [0.717, 1.165) is 6.42 Å². The number of aromatic nitrogens is 3. The monoisotopic (exact) mass is 327 g/mol. The highest BCUT2D eigenvalue weighted by molar-refractivity contribution is 5.87. The minimum atomic E-state index is -0.299. The molecule has 3 heterocycles. The summed E-state index contributed by atoms with van der Waals surface area (Å²) in [5.41, 5.74) is 0.620. The third kappa shape index (κ3) is 2.78. The van der Waals surface area contributed by atoms with Crippen molar-refractivity contribution in [2.45, 2.75) is 25.8 Å². The molecule has 2 atom stereocenters. The molecule has 1 aliphatic rings. The Labute approximate surface area is 138 Å². The SMILES string of the molecule is C[C@@H]1CCN(C(=O)CC#N)C[C@@H]1N(N=O)c1ncnc2[nH]ccc12. The van der Waals surface area contributed by atoms with Crippen LogP contribution in [0.5, 0.6) is 0 Å². The van der Waals surface area contributed by atoms with Crippen LogP contribution >= 0.6 is 0 Å². The van der Waals surface area contributed by atoms with Crippen LogP contribution in [-0.2, 0) is 4.79 Å². The maximum atomic E-state index is 12.0. The van der Waals surface area contributed by atoms with Gasteiger partial charge in [0, 0.05) is 19.3 Å². The summed E-state index contributed by atoms with van der Waals surface area (Å²) in [4.78, 5) is 36.5. The molecule has 2 aromatic rings. The summed E-state index contributed by atoms with van der Waals surface area (Å²) in [5.74, 6) is 0.343. The minimum absolute atomic E-state index is 0.151. The first kappa shape index (κ1) is 15.9. The topological polar surface area (TPSA) is 118 Å². The Morgan fingerprint density at radius 1 is 1.58 bits per heavy atom. The minimum Gasteiger partial charge on any atom is -0.346 e. The summed E-state index contributed by atoms with van der Waals surface area (Å²) in [6.07, 6.45) is 3.66. The normalized spacial score (nSPS) is 20.6. The van der Waals surface area contributed by atoms with E-state index in [1.54, 1.807) is 17.2 Å². The number of carbonyl (C=O) groups excluding carboxylic acids is 1. The molecule has 0 saturated carbocycles. The predicted octanol–water partition coefficient (Wildman–Crippen LogP) is 1.60. The van der Waals surface area contributed by atoms with Gasteiger partial charge in [-0.3, -0.25) is 4.79 Å². The molecule has 2 aromatic heterocycles. The van der Waals surface area contributed by atoms with Gasteiger partial charge in [-0.2, -0.15) is 5.26 Å². The van der Waals surface area contributed by atoms with E-state index in [1.165, 1.54) is 11.3 Å². The van der Waals surface area contributed by atoms with E-state index in [2.05, 4.69) is 20.2 Å². The number of hydrogen-bond donors (Lipinski definition) is 1. The highest BCUT2D eigenvalue weighted by Crippen LogP contribution is 2.30. The van der Waals surface area contributed by atoms with Crippen LogP contribution in [-0.4, -0.2) is 44.9 Å². The quantitative estimate of drug-likeness (QED) is 0.673. The molecule has 1 fully saturated rings. The Bertz CT molecular complexity index is 796. The Morgan fingerprint density at radius 3 is 3.17 bits per heavy atom. The summed E-state index contributed by atoms with van der Waals surface area (Å²) in [7, 11) is 0. The highest BCUT2D eigenvalue weighted by atomic mass is 16.3. The van der Waals surface area contributed by atoms with Gasteiger partial charge in [0.25, 0.3) is 0 Å². The van der Waals surface area contributed by atoms with Crippen molar-refractivity contribution < 1.29 is 4.79 Å². The van der Waals surface area contributed by atoms with Crippen molar-refractivity contribution in [1.82, 2.24) is 19.9 Å². The molecule has 1 N–H and O–H groups in total. The van der Waals surface area contributed by atoms with Gasteiger partial charge >= 0.3 is 0 Å². The molecule has 24 heavy (non-hydrogen) atoms. The number of piperidine rings is 1. The molecule has 0 bridgehead atoms. The van der Waals surface area contributed by atoms with E-state index >= 15 is 0 Å². The molecular weight excluding hydrogens is 310 g/mol. The molecule has 0 radical (unpaired) electrons. The fraction of sp³-hybridized carbons (Fsp3) is 0.467. The second-order valence-electron chi connectivity index (χ2n) is 5.87. The Balaban J connectivity index is 1.91. The lowest BCUT2D eigenvalue weighted by Gasteiger charge is -2.39. The number of H-pyrrole nitrogens is 1. The lowest BCUT2D eigenvalue weighted by molar-refractivity contribution is -0.131. The van der Waals surface area contributed by atoms with Crippen molar-refractivity contribution in [2.75, 3.05) is 18.1 Å². The van der Waals surface area contributed by atoms with Crippen LogP contribution < -0.4 is 5.01 Å². The fourth-order valence-electron chi connectivity index (χ4n) is 3.07. The van der Waals surface area contributed by atoms with E-state index in [9.17, 15) is 9.70 Å². The van der Waals surface area contributed by atoms with Gasteiger partial charge in [-0.05, 0) is 18.4 Å². The second-order valence-corrected chi connectivity index (χ2v) is 5.87. The molecule has 1 aliphatic heterocycles. The van der Waals surface area contributed by atoms with Gasteiger partial charge in [0.05, 0.1) is 22.8 Å². The van der Waals surface area contributed by atoms with Crippen LogP contribution in [0.4, 0.5) is 5.82 Å². The number of anilines is 1. The van der Waals surface area contributed by atoms with E-state index in [1.807, 2.05) is 13.0 Å². The van der Waals surface area contributed by atoms with Crippen LogP contribution in [0.2, 0.25) is 0 Å². The summed E-state index contributed by atoms with van der Waals surface area (Å²) < 4.78 is 0.